The van der Waals surface area contributed by atoms with Gasteiger partial charge in [0.05, 0.1) is 5.69 Å². The quantitative estimate of drug-likeness (QED) is 0.726. The van der Waals surface area contributed by atoms with E-state index in [1.54, 1.807) is 0 Å². The van der Waals surface area contributed by atoms with Gasteiger partial charge in [-0.2, -0.15) is 0 Å². The predicted octanol–water partition coefficient (Wildman–Crippen LogP) is 5.08. The van der Waals surface area contributed by atoms with Gasteiger partial charge in [0, 0.05) is 17.4 Å². The minimum absolute atomic E-state index is 0.0123. The van der Waals surface area contributed by atoms with Crippen LogP contribution in [-0.4, -0.2) is 11.1 Å². The van der Waals surface area contributed by atoms with Crippen molar-refractivity contribution >= 4 is 11.6 Å². The van der Waals surface area contributed by atoms with Gasteiger partial charge >= 0.3 is 0 Å². The van der Waals surface area contributed by atoms with Crippen molar-refractivity contribution in [2.75, 3.05) is 0 Å². The molecule has 1 saturated carbocycles. The zero-order valence-electron chi connectivity index (χ0n) is 13.1. The van der Waals surface area contributed by atoms with Crippen LogP contribution in [-0.2, 0) is 11.3 Å². The lowest BCUT2D eigenvalue weighted by atomic mass is 9.88. The molecule has 1 aliphatic rings. The maximum Gasteiger partial charge on any atom is 0.214 e. The van der Waals surface area contributed by atoms with E-state index in [0.29, 0.717) is 17.9 Å². The average Bonchev–Trinajstić information content (AvgIpc) is 2.40. The highest BCUT2D eigenvalue weighted by Crippen LogP contribution is 2.30. The highest BCUT2D eigenvalue weighted by atomic mass is 35.5. The lowest BCUT2D eigenvalue weighted by molar-refractivity contribution is 0.0970. The van der Waals surface area contributed by atoms with Crippen molar-refractivity contribution in [3.05, 3.63) is 23.4 Å². The molecule has 2 rings (SSSR count). The fraction of sp³-hybridized carbons (Fsp3) is 0.706. The molecule has 0 saturated heterocycles. The Balaban J connectivity index is 2.22. The van der Waals surface area contributed by atoms with Crippen LogP contribution in [0.2, 0.25) is 0 Å². The van der Waals surface area contributed by atoms with E-state index in [9.17, 15) is 0 Å². The number of halogens is 1. The topological polar surface area (TPSA) is 22.1 Å². The van der Waals surface area contributed by atoms with Gasteiger partial charge in [-0.25, -0.2) is 4.98 Å². The minimum atomic E-state index is 0.0123. The van der Waals surface area contributed by atoms with Gasteiger partial charge in [0.1, 0.15) is 6.10 Å². The summed E-state index contributed by atoms with van der Waals surface area (Å²) < 4.78 is 6.18. The zero-order chi connectivity index (χ0) is 14.8. The summed E-state index contributed by atoms with van der Waals surface area (Å²) in [6.07, 6.45) is 5.28. The zero-order valence-corrected chi connectivity index (χ0v) is 13.8. The number of hydrogen-bond acceptors (Lipinski definition) is 2. The van der Waals surface area contributed by atoms with Gasteiger partial charge in [-0.15, -0.1) is 11.6 Å². The molecule has 1 aromatic heterocycles. The third kappa shape index (κ3) is 3.88. The second kappa shape index (κ2) is 6.34. The molecule has 0 N–H and O–H groups in total. The number of alkyl halides is 1. The average molecular weight is 296 g/mol. The second-order valence-corrected chi connectivity index (χ2v) is 7.27. The van der Waals surface area contributed by atoms with Crippen molar-refractivity contribution in [1.29, 1.82) is 0 Å². The molecule has 112 valence electrons. The molecule has 2 atom stereocenters. The van der Waals surface area contributed by atoms with E-state index < -0.39 is 0 Å². The molecule has 0 aliphatic heterocycles. The van der Waals surface area contributed by atoms with Crippen LogP contribution < -0.4 is 4.74 Å². The van der Waals surface area contributed by atoms with Gasteiger partial charge in [0.15, 0.2) is 0 Å². The third-order valence-electron chi connectivity index (χ3n) is 4.09. The van der Waals surface area contributed by atoms with Crippen molar-refractivity contribution < 1.29 is 4.74 Å². The largest absolute Gasteiger partial charge is 0.474 e. The Labute approximate surface area is 127 Å². The molecule has 2 nitrogen and oxygen atoms in total. The fourth-order valence-corrected chi connectivity index (χ4v) is 2.85. The molecule has 1 aliphatic carbocycles. The van der Waals surface area contributed by atoms with Gasteiger partial charge < -0.3 is 4.74 Å². The molecule has 0 spiro atoms. The number of ether oxygens (including phenoxy) is 1. The summed E-state index contributed by atoms with van der Waals surface area (Å²) in [6, 6.07) is 4.08. The number of aromatic nitrogens is 1. The van der Waals surface area contributed by atoms with Crippen molar-refractivity contribution in [3.63, 3.8) is 0 Å². The highest BCUT2D eigenvalue weighted by molar-refractivity contribution is 6.17. The van der Waals surface area contributed by atoms with Crippen LogP contribution in [0.5, 0.6) is 5.88 Å². The summed E-state index contributed by atoms with van der Waals surface area (Å²) in [4.78, 5) is 4.70. The minimum Gasteiger partial charge on any atom is -0.474 e. The molecule has 1 aromatic rings. The Bertz CT molecular complexity index is 453. The van der Waals surface area contributed by atoms with Gasteiger partial charge in [-0.1, -0.05) is 34.1 Å². The van der Waals surface area contributed by atoms with Gasteiger partial charge in [0.25, 0.3) is 0 Å². The van der Waals surface area contributed by atoms with E-state index in [1.165, 1.54) is 19.3 Å². The van der Waals surface area contributed by atoms with Crippen LogP contribution in [0.3, 0.4) is 0 Å². The molecule has 1 heterocycles. The standard InChI is InChI=1S/C17H26ClNO/c1-12-7-5-6-8-14(12)20-16-10-13(11-18)9-15(19-16)17(2,3)4/h9-10,12,14H,5-8,11H2,1-4H3. The summed E-state index contributed by atoms with van der Waals surface area (Å²) in [5.74, 6) is 1.86. The smallest absolute Gasteiger partial charge is 0.214 e. The molecule has 0 radical (unpaired) electrons. The van der Waals surface area contributed by atoms with E-state index in [4.69, 9.17) is 21.3 Å². The van der Waals surface area contributed by atoms with E-state index in [-0.39, 0.29) is 5.41 Å². The number of pyridine rings is 1. The van der Waals surface area contributed by atoms with Crippen LogP contribution in [0.4, 0.5) is 0 Å². The van der Waals surface area contributed by atoms with Crippen molar-refractivity contribution in [2.45, 2.75) is 70.8 Å². The van der Waals surface area contributed by atoms with Gasteiger partial charge in [0.2, 0.25) is 5.88 Å². The summed E-state index contributed by atoms with van der Waals surface area (Å²) in [5.41, 5.74) is 2.15. The molecule has 2 unspecified atom stereocenters. The van der Waals surface area contributed by atoms with Crippen LogP contribution in [0, 0.1) is 5.92 Å². The Morgan fingerprint density at radius 2 is 1.95 bits per heavy atom. The third-order valence-corrected chi connectivity index (χ3v) is 4.40. The van der Waals surface area contributed by atoms with E-state index in [0.717, 1.165) is 23.6 Å². The monoisotopic (exact) mass is 295 g/mol. The Kier molecular flexibility index (Phi) is 4.95. The van der Waals surface area contributed by atoms with Crippen LogP contribution in [0.25, 0.3) is 0 Å². The Morgan fingerprint density at radius 1 is 1.25 bits per heavy atom. The molecule has 3 heteroatoms. The van der Waals surface area contributed by atoms with E-state index in [2.05, 4.69) is 33.8 Å². The molecule has 1 fully saturated rings. The first-order valence-electron chi connectivity index (χ1n) is 7.64. The first kappa shape index (κ1) is 15.6. The molecule has 0 bridgehead atoms. The van der Waals surface area contributed by atoms with E-state index >= 15 is 0 Å². The molecule has 20 heavy (non-hydrogen) atoms. The van der Waals surface area contributed by atoms with Crippen LogP contribution in [0.1, 0.15) is 64.6 Å². The number of rotatable bonds is 3. The first-order chi connectivity index (χ1) is 9.40. The normalized spacial score (nSPS) is 23.6. The Morgan fingerprint density at radius 3 is 2.55 bits per heavy atom. The first-order valence-corrected chi connectivity index (χ1v) is 8.17. The molecule has 0 amide bonds. The van der Waals surface area contributed by atoms with Crippen molar-refractivity contribution in [1.82, 2.24) is 4.98 Å². The van der Waals surface area contributed by atoms with Gasteiger partial charge in [-0.05, 0) is 36.8 Å². The summed E-state index contributed by atoms with van der Waals surface area (Å²) in [6.45, 7) is 8.78. The summed E-state index contributed by atoms with van der Waals surface area (Å²) in [7, 11) is 0. The SMILES string of the molecule is CC1CCCCC1Oc1cc(CCl)cc(C(C)(C)C)n1. The fourth-order valence-electron chi connectivity index (χ4n) is 2.69. The lowest BCUT2D eigenvalue weighted by Crippen LogP contribution is -2.29. The molecule has 0 aromatic carbocycles. The Hall–Kier alpha value is -0.760. The maximum absolute atomic E-state index is 6.18. The van der Waals surface area contributed by atoms with Crippen LogP contribution >= 0.6 is 11.6 Å². The van der Waals surface area contributed by atoms with Crippen molar-refractivity contribution in [3.8, 4) is 5.88 Å². The van der Waals surface area contributed by atoms with Crippen LogP contribution in [0.15, 0.2) is 12.1 Å². The number of nitrogens with zero attached hydrogens (tertiary/aromatic N) is 1. The summed E-state index contributed by atoms with van der Waals surface area (Å²) >= 11 is 6.01. The maximum atomic E-state index is 6.18. The summed E-state index contributed by atoms with van der Waals surface area (Å²) in [5, 5.41) is 0. The molecular formula is C17H26ClNO. The van der Waals surface area contributed by atoms with Crippen molar-refractivity contribution in [2.24, 2.45) is 5.92 Å². The highest BCUT2D eigenvalue weighted by Gasteiger charge is 2.24. The lowest BCUT2D eigenvalue weighted by Gasteiger charge is -2.29. The number of hydrogen-bond donors (Lipinski definition) is 0. The second-order valence-electron chi connectivity index (χ2n) is 7.00. The van der Waals surface area contributed by atoms with E-state index in [1.807, 2.05) is 6.07 Å². The van der Waals surface area contributed by atoms with Gasteiger partial charge in [-0.3, -0.25) is 0 Å². The molecular weight excluding hydrogens is 270 g/mol. The predicted molar refractivity (Wildman–Crippen MR) is 84.5 cm³/mol.